The molecule has 0 spiro atoms. The predicted molar refractivity (Wildman–Crippen MR) is 51.9 cm³/mol. The Morgan fingerprint density at radius 2 is 1.92 bits per heavy atom. The average Bonchev–Trinajstić information content (AvgIpc) is 1.85. The van der Waals surface area contributed by atoms with Crippen molar-refractivity contribution in [2.24, 2.45) is 5.92 Å². The van der Waals surface area contributed by atoms with Crippen LogP contribution in [0, 0.1) is 5.92 Å². The van der Waals surface area contributed by atoms with Gasteiger partial charge in [-0.25, -0.2) is 8.51 Å². The van der Waals surface area contributed by atoms with Gasteiger partial charge >= 0.3 is 0 Å². The fraction of sp³-hybridized carbons (Fsp3) is 0.714. The Hall–Kier alpha value is -0.550. The second-order valence-electron chi connectivity index (χ2n) is 3.07. The number of hydrogen-bond donors (Lipinski definition) is 1. The third-order valence-corrected chi connectivity index (χ3v) is 3.07. The minimum Gasteiger partial charge on any atom is -0.274 e. The quantitative estimate of drug-likeness (QED) is 0.633. The molecule has 0 aromatic rings. The van der Waals surface area contributed by atoms with Gasteiger partial charge in [0.25, 0.3) is 0 Å². The first kappa shape index (κ1) is 11.4. The van der Waals surface area contributed by atoms with Crippen LogP contribution in [0.4, 0.5) is 0 Å². The molecule has 0 saturated carbocycles. The molecule has 0 aliphatic rings. The molecule has 1 N–H and O–H groups in total. The van der Waals surface area contributed by atoms with Crippen molar-refractivity contribution in [2.45, 2.75) is 13.8 Å². The summed E-state index contributed by atoms with van der Waals surface area (Å²) >= 11 is 0. The van der Waals surface area contributed by atoms with Gasteiger partial charge in [0, 0.05) is 20.0 Å². The minimum atomic E-state index is -2.61. The second kappa shape index (κ2) is 3.91. The third kappa shape index (κ3) is 3.23. The first-order valence-corrected chi connectivity index (χ1v) is 5.32. The van der Waals surface area contributed by atoms with Crippen molar-refractivity contribution in [3.63, 3.8) is 0 Å². The van der Waals surface area contributed by atoms with Crippen molar-refractivity contribution in [1.29, 1.82) is 0 Å². The molecule has 0 aromatic heterocycles. The van der Waals surface area contributed by atoms with Crippen LogP contribution < -0.4 is 4.72 Å². The molecule has 0 fully saturated rings. The average molecular weight is 192 g/mol. The summed E-state index contributed by atoms with van der Waals surface area (Å²) in [6, 6.07) is 0. The molecule has 0 aromatic carbocycles. The van der Waals surface area contributed by atoms with Crippen LogP contribution in [0.1, 0.15) is 13.8 Å². The smallest absolute Gasteiger partial charge is 0.234 e. The number of amides is 1. The van der Waals surface area contributed by atoms with E-state index in [-0.39, 0.29) is 11.8 Å². The lowest BCUT2D eigenvalue weighted by Gasteiger charge is -2.18. The summed E-state index contributed by atoms with van der Waals surface area (Å²) in [4.78, 5) is 11.1. The highest BCUT2D eigenvalue weighted by Crippen LogP contribution is 1.95. The Morgan fingerprint density at radius 1 is 1.50 bits per heavy atom. The molecule has 4 nitrogen and oxygen atoms in total. The Labute approximate surface area is 74.2 Å². The van der Waals surface area contributed by atoms with Crippen LogP contribution in [0.25, 0.3) is 0 Å². The second-order valence-corrected chi connectivity index (χ2v) is 5.29. The molecule has 1 amide bonds. The molecule has 12 heavy (non-hydrogen) atoms. The van der Waals surface area contributed by atoms with Crippen molar-refractivity contribution >= 4 is 21.7 Å². The largest absolute Gasteiger partial charge is 0.274 e. The van der Waals surface area contributed by atoms with Crippen LogP contribution in [-0.2, 0) is 14.7 Å². The van der Waals surface area contributed by atoms with Crippen LogP contribution in [0.3, 0.4) is 0 Å². The lowest BCUT2D eigenvalue weighted by atomic mass is 10.2. The Bertz CT molecular complexity index is 255. The number of nitrogens with zero attached hydrogens (tertiary/aromatic N) is 1. The van der Waals surface area contributed by atoms with Gasteiger partial charge < -0.3 is 0 Å². The van der Waals surface area contributed by atoms with Gasteiger partial charge in [0.05, 0.1) is 0 Å². The standard InChI is InChI=1S/C7H16N2O2S/c1-6(2)7(10)8-12(5,11)9(3)4/h6H,5H2,1-4H3,(H,8,10,11). The molecule has 0 saturated heterocycles. The van der Waals surface area contributed by atoms with Crippen molar-refractivity contribution in [2.75, 3.05) is 14.1 Å². The SMILES string of the molecule is C=S(=O)(NC(=O)C(C)C)N(C)C. The van der Waals surface area contributed by atoms with E-state index >= 15 is 0 Å². The Balaban J connectivity index is 4.38. The van der Waals surface area contributed by atoms with Gasteiger partial charge in [0.2, 0.25) is 5.91 Å². The molecule has 0 bridgehead atoms. The summed E-state index contributed by atoms with van der Waals surface area (Å²) in [6.07, 6.45) is 0. The van der Waals surface area contributed by atoms with Gasteiger partial charge in [-0.3, -0.25) is 9.52 Å². The fourth-order valence-corrected chi connectivity index (χ4v) is 1.10. The molecule has 1 unspecified atom stereocenters. The highest BCUT2D eigenvalue weighted by atomic mass is 32.2. The van der Waals surface area contributed by atoms with Crippen molar-refractivity contribution in [3.8, 4) is 0 Å². The summed E-state index contributed by atoms with van der Waals surface area (Å²) < 4.78 is 15.2. The predicted octanol–water partition coefficient (Wildman–Crippen LogP) is -0.133. The molecular formula is C7H16N2O2S. The van der Waals surface area contributed by atoms with Gasteiger partial charge in [0.15, 0.2) is 0 Å². The molecule has 0 aliphatic heterocycles. The maximum atomic E-state index is 11.5. The zero-order valence-electron chi connectivity index (χ0n) is 7.96. The lowest BCUT2D eigenvalue weighted by Crippen LogP contribution is -2.41. The zero-order valence-corrected chi connectivity index (χ0v) is 8.77. The number of carbonyl (C=O) groups excluding carboxylic acids is 1. The zero-order chi connectivity index (χ0) is 9.94. The van der Waals surface area contributed by atoms with E-state index in [0.29, 0.717) is 0 Å². The number of carbonyl (C=O) groups is 1. The summed E-state index contributed by atoms with van der Waals surface area (Å²) in [5.41, 5.74) is 0. The fourth-order valence-electron chi connectivity index (χ4n) is 0.366. The summed E-state index contributed by atoms with van der Waals surface area (Å²) in [6.45, 7) is 3.47. The maximum Gasteiger partial charge on any atom is 0.234 e. The normalized spacial score (nSPS) is 16.2. The van der Waals surface area contributed by atoms with E-state index in [9.17, 15) is 9.00 Å². The highest BCUT2D eigenvalue weighted by Gasteiger charge is 2.13. The monoisotopic (exact) mass is 192 g/mol. The molecule has 0 rings (SSSR count). The van der Waals surface area contributed by atoms with Crippen LogP contribution in [0.5, 0.6) is 0 Å². The van der Waals surface area contributed by atoms with Crippen molar-refractivity contribution in [1.82, 2.24) is 9.03 Å². The van der Waals surface area contributed by atoms with E-state index in [4.69, 9.17) is 0 Å². The first-order chi connectivity index (χ1) is 5.27. The third-order valence-electron chi connectivity index (χ3n) is 1.37. The van der Waals surface area contributed by atoms with Crippen LogP contribution in [0.2, 0.25) is 0 Å². The summed E-state index contributed by atoms with van der Waals surface area (Å²) in [7, 11) is 0.606. The van der Waals surface area contributed by atoms with Gasteiger partial charge in [-0.15, -0.1) is 0 Å². The molecule has 1 atom stereocenters. The molecule has 0 heterocycles. The minimum absolute atomic E-state index is 0.174. The Morgan fingerprint density at radius 3 is 2.17 bits per heavy atom. The highest BCUT2D eigenvalue weighted by molar-refractivity contribution is 7.96. The first-order valence-electron chi connectivity index (χ1n) is 3.63. The van der Waals surface area contributed by atoms with Crippen molar-refractivity contribution < 1.29 is 9.00 Å². The molecule has 0 radical (unpaired) electrons. The van der Waals surface area contributed by atoms with E-state index < -0.39 is 9.89 Å². The van der Waals surface area contributed by atoms with Gasteiger partial charge in [-0.2, -0.15) is 0 Å². The lowest BCUT2D eigenvalue weighted by molar-refractivity contribution is -0.122. The number of rotatable bonds is 3. The Kier molecular flexibility index (Phi) is 3.73. The summed E-state index contributed by atoms with van der Waals surface area (Å²) in [5.74, 6) is 2.99. The van der Waals surface area contributed by atoms with Crippen LogP contribution >= 0.6 is 0 Å². The van der Waals surface area contributed by atoms with E-state index in [1.165, 1.54) is 4.31 Å². The van der Waals surface area contributed by atoms with E-state index in [2.05, 4.69) is 10.6 Å². The molecule has 0 aliphatic carbocycles. The van der Waals surface area contributed by atoms with E-state index in [1.807, 2.05) is 0 Å². The van der Waals surface area contributed by atoms with Gasteiger partial charge in [0.1, 0.15) is 9.89 Å². The van der Waals surface area contributed by atoms with Crippen molar-refractivity contribution in [3.05, 3.63) is 0 Å². The van der Waals surface area contributed by atoms with Crippen LogP contribution in [0.15, 0.2) is 0 Å². The summed E-state index contributed by atoms with van der Waals surface area (Å²) in [5, 5.41) is 0. The maximum absolute atomic E-state index is 11.5. The number of hydrogen-bond acceptors (Lipinski definition) is 2. The molecular weight excluding hydrogens is 176 g/mol. The van der Waals surface area contributed by atoms with Gasteiger partial charge in [-0.1, -0.05) is 13.8 Å². The number of nitrogens with one attached hydrogen (secondary N) is 1. The van der Waals surface area contributed by atoms with E-state index in [0.717, 1.165) is 0 Å². The van der Waals surface area contributed by atoms with E-state index in [1.54, 1.807) is 27.9 Å². The van der Waals surface area contributed by atoms with Gasteiger partial charge in [-0.05, 0) is 5.87 Å². The molecule has 5 heteroatoms. The molecule has 72 valence electrons. The topological polar surface area (TPSA) is 49.4 Å². The van der Waals surface area contributed by atoms with Crippen LogP contribution in [-0.4, -0.2) is 34.4 Å².